The van der Waals surface area contributed by atoms with E-state index in [1.165, 1.54) is 23.1 Å². The normalized spacial score (nSPS) is 17.3. The molecule has 2 aromatic heterocycles. The molecule has 0 saturated carbocycles. The Kier molecular flexibility index (Phi) is 7.39. The number of para-hydroxylation sites is 1. The highest BCUT2D eigenvalue weighted by Gasteiger charge is 2.25. The van der Waals surface area contributed by atoms with Gasteiger partial charge in [0.05, 0.1) is 35.9 Å². The molecule has 8 nitrogen and oxygen atoms in total. The number of aromatic nitrogens is 2. The van der Waals surface area contributed by atoms with E-state index in [4.69, 9.17) is 14.7 Å². The molecule has 0 unspecified atom stereocenters. The minimum Gasteiger partial charge on any atom is -0.379 e. The molecule has 0 N–H and O–H groups in total. The number of ether oxygens (including phenoxy) is 1. The van der Waals surface area contributed by atoms with Crippen LogP contribution in [0.2, 0.25) is 0 Å². The van der Waals surface area contributed by atoms with Crippen LogP contribution in [0.5, 0.6) is 0 Å². The smallest absolute Gasteiger partial charge is 0.264 e. The average molecular weight is 498 g/mol. The largest absolute Gasteiger partial charge is 0.379 e. The lowest BCUT2D eigenvalue weighted by Crippen LogP contribution is -2.51. The van der Waals surface area contributed by atoms with E-state index < -0.39 is 0 Å². The second-order valence-corrected chi connectivity index (χ2v) is 10.2. The van der Waals surface area contributed by atoms with Crippen LogP contribution in [-0.4, -0.2) is 94.7 Å². The van der Waals surface area contributed by atoms with Crippen LogP contribution in [0.25, 0.3) is 10.9 Å². The molecule has 0 atom stereocenters. The van der Waals surface area contributed by atoms with Crippen molar-refractivity contribution in [3.8, 4) is 0 Å². The lowest BCUT2D eigenvalue weighted by molar-refractivity contribution is -0.129. The predicted molar refractivity (Wildman–Crippen MR) is 133 cm³/mol. The van der Waals surface area contributed by atoms with E-state index >= 15 is 0 Å². The minimum absolute atomic E-state index is 0.0525. The van der Waals surface area contributed by atoms with Crippen molar-refractivity contribution in [2.45, 2.75) is 11.6 Å². The van der Waals surface area contributed by atoms with Gasteiger partial charge in [0.15, 0.2) is 0 Å². The first kappa shape index (κ1) is 23.2. The summed E-state index contributed by atoms with van der Waals surface area (Å²) < 4.78 is 5.44. The number of piperazine rings is 1. The zero-order valence-electron chi connectivity index (χ0n) is 18.9. The maximum atomic E-state index is 13.0. The summed E-state index contributed by atoms with van der Waals surface area (Å²) in [4.78, 5) is 41.8. The average Bonchev–Trinajstić information content (AvgIpc) is 3.42. The van der Waals surface area contributed by atoms with Gasteiger partial charge in [-0.1, -0.05) is 36.0 Å². The van der Waals surface area contributed by atoms with Crippen LogP contribution in [0, 0.1) is 0 Å². The Morgan fingerprint density at radius 1 is 0.941 bits per heavy atom. The van der Waals surface area contributed by atoms with E-state index in [9.17, 15) is 9.59 Å². The Balaban J connectivity index is 1.21. The van der Waals surface area contributed by atoms with Gasteiger partial charge in [-0.2, -0.15) is 0 Å². The van der Waals surface area contributed by atoms with Crippen LogP contribution in [-0.2, 0) is 16.1 Å². The molecule has 1 aromatic carbocycles. The van der Waals surface area contributed by atoms with Crippen molar-refractivity contribution in [1.29, 1.82) is 0 Å². The van der Waals surface area contributed by atoms with Crippen LogP contribution < -0.4 is 0 Å². The zero-order chi connectivity index (χ0) is 23.3. The first-order valence-corrected chi connectivity index (χ1v) is 13.3. The van der Waals surface area contributed by atoms with E-state index in [0.29, 0.717) is 38.5 Å². The van der Waals surface area contributed by atoms with Gasteiger partial charge in [0, 0.05) is 44.7 Å². The topological polar surface area (TPSA) is 78.9 Å². The fourth-order valence-electron chi connectivity index (χ4n) is 4.17. The molecule has 34 heavy (non-hydrogen) atoms. The summed E-state index contributed by atoms with van der Waals surface area (Å²) >= 11 is 2.92. The molecular weight excluding hydrogens is 470 g/mol. The monoisotopic (exact) mass is 497 g/mol. The molecule has 0 aliphatic carbocycles. The van der Waals surface area contributed by atoms with Gasteiger partial charge in [0.2, 0.25) is 5.91 Å². The number of rotatable bonds is 6. The summed E-state index contributed by atoms with van der Waals surface area (Å²) in [6.45, 7) is 6.13. The van der Waals surface area contributed by atoms with Crippen molar-refractivity contribution in [2.75, 3.05) is 58.2 Å². The van der Waals surface area contributed by atoms with Crippen molar-refractivity contribution >= 4 is 45.8 Å². The van der Waals surface area contributed by atoms with E-state index in [0.717, 1.165) is 52.9 Å². The molecule has 2 amide bonds. The summed E-state index contributed by atoms with van der Waals surface area (Å²) in [6, 6.07) is 11.7. The highest BCUT2D eigenvalue weighted by Crippen LogP contribution is 2.26. The number of morpholine rings is 1. The number of thioether (sulfide) groups is 1. The van der Waals surface area contributed by atoms with Gasteiger partial charge >= 0.3 is 0 Å². The Bertz CT molecular complexity index is 1140. The van der Waals surface area contributed by atoms with Gasteiger partial charge in [-0.25, -0.2) is 9.97 Å². The molecule has 0 bridgehead atoms. The number of nitrogens with zero attached hydrogens (tertiary/aromatic N) is 5. The van der Waals surface area contributed by atoms with Crippen LogP contribution in [0.1, 0.15) is 15.5 Å². The third kappa shape index (κ3) is 5.41. The lowest BCUT2D eigenvalue weighted by atomic mass is 10.2. The third-order valence-corrected chi connectivity index (χ3v) is 7.90. The number of benzene rings is 1. The van der Waals surface area contributed by atoms with Crippen LogP contribution in [0.3, 0.4) is 0 Å². The van der Waals surface area contributed by atoms with E-state index in [1.54, 1.807) is 0 Å². The Morgan fingerprint density at radius 3 is 2.47 bits per heavy atom. The highest BCUT2D eigenvalue weighted by molar-refractivity contribution is 8.00. The molecule has 2 aliphatic heterocycles. The van der Waals surface area contributed by atoms with E-state index in [1.807, 2.05) is 51.6 Å². The quantitative estimate of drug-likeness (QED) is 0.383. The number of carbonyl (C=O) groups is 2. The van der Waals surface area contributed by atoms with Crippen molar-refractivity contribution in [1.82, 2.24) is 24.7 Å². The predicted octanol–water partition coefficient (Wildman–Crippen LogP) is 2.60. The van der Waals surface area contributed by atoms with Crippen molar-refractivity contribution in [3.05, 3.63) is 52.5 Å². The number of amides is 2. The Labute approximate surface area is 206 Å². The SMILES string of the molecule is O=C(CSc1nc(CN2CCOCC2)nc2ccccc12)N1CCN(C(=O)c2cccs2)CC1. The van der Waals surface area contributed by atoms with Crippen molar-refractivity contribution in [3.63, 3.8) is 0 Å². The molecule has 4 heterocycles. The second-order valence-electron chi connectivity index (χ2n) is 8.29. The highest BCUT2D eigenvalue weighted by atomic mass is 32.2. The summed E-state index contributed by atoms with van der Waals surface area (Å²) in [5, 5.41) is 3.72. The van der Waals surface area contributed by atoms with Crippen molar-refractivity contribution in [2.24, 2.45) is 0 Å². The molecule has 0 radical (unpaired) electrons. The molecule has 2 aliphatic rings. The molecule has 178 valence electrons. The Morgan fingerprint density at radius 2 is 1.71 bits per heavy atom. The van der Waals surface area contributed by atoms with Gasteiger partial charge < -0.3 is 14.5 Å². The van der Waals surface area contributed by atoms with Crippen molar-refractivity contribution < 1.29 is 14.3 Å². The summed E-state index contributed by atoms with van der Waals surface area (Å²) in [5.74, 6) is 1.22. The molecule has 10 heteroatoms. The molecule has 2 saturated heterocycles. The Hall–Kier alpha value is -2.53. The van der Waals surface area contributed by atoms with Gasteiger partial charge in [-0.05, 0) is 17.5 Å². The molecule has 0 spiro atoms. The fraction of sp³-hybridized carbons (Fsp3) is 0.417. The number of thiophene rings is 1. The molecular formula is C24H27N5O3S2. The fourth-order valence-corrected chi connectivity index (χ4v) is 5.80. The zero-order valence-corrected chi connectivity index (χ0v) is 20.5. The standard InChI is InChI=1S/C24H27N5O3S2/c30-22(28-7-9-29(10-8-28)24(31)20-6-3-15-33-20)17-34-23-18-4-1-2-5-19(18)25-21(26-23)16-27-11-13-32-14-12-27/h1-6,15H,7-14,16-17H2. The third-order valence-electron chi connectivity index (χ3n) is 6.07. The number of carbonyl (C=O) groups excluding carboxylic acids is 2. The van der Waals surface area contributed by atoms with Crippen LogP contribution in [0.4, 0.5) is 0 Å². The maximum Gasteiger partial charge on any atom is 0.264 e. The van der Waals surface area contributed by atoms with Gasteiger partial charge in [0.1, 0.15) is 10.9 Å². The molecule has 5 rings (SSSR count). The van der Waals surface area contributed by atoms with E-state index in [2.05, 4.69) is 4.90 Å². The maximum absolute atomic E-state index is 13.0. The molecule has 2 fully saturated rings. The minimum atomic E-state index is 0.0525. The summed E-state index contributed by atoms with van der Waals surface area (Å²) in [7, 11) is 0. The first-order valence-electron chi connectivity index (χ1n) is 11.5. The second kappa shape index (κ2) is 10.8. The van der Waals surface area contributed by atoms with Gasteiger partial charge in [-0.3, -0.25) is 14.5 Å². The van der Waals surface area contributed by atoms with Crippen LogP contribution >= 0.6 is 23.1 Å². The molecule has 3 aromatic rings. The lowest BCUT2D eigenvalue weighted by Gasteiger charge is -2.34. The van der Waals surface area contributed by atoms with E-state index in [-0.39, 0.29) is 11.8 Å². The van der Waals surface area contributed by atoms with Crippen LogP contribution in [0.15, 0.2) is 46.8 Å². The number of hydrogen-bond acceptors (Lipinski definition) is 8. The summed E-state index contributed by atoms with van der Waals surface area (Å²) in [6.07, 6.45) is 0. The van der Waals surface area contributed by atoms with Gasteiger partial charge in [-0.15, -0.1) is 11.3 Å². The number of fused-ring (bicyclic) bond motifs is 1. The van der Waals surface area contributed by atoms with Gasteiger partial charge in [0.25, 0.3) is 5.91 Å². The first-order chi connectivity index (χ1) is 16.7. The number of hydrogen-bond donors (Lipinski definition) is 0. The summed E-state index contributed by atoms with van der Waals surface area (Å²) in [5.41, 5.74) is 0.899.